The van der Waals surface area contributed by atoms with E-state index >= 15 is 0 Å². The van der Waals surface area contributed by atoms with Crippen molar-refractivity contribution in [3.63, 3.8) is 0 Å². The van der Waals surface area contributed by atoms with Gasteiger partial charge in [-0.1, -0.05) is 6.07 Å². The lowest BCUT2D eigenvalue weighted by Gasteiger charge is -2.40. The number of likely N-dealkylation sites (tertiary alicyclic amines) is 1. The maximum absolute atomic E-state index is 13.5. The van der Waals surface area contributed by atoms with E-state index in [0.717, 1.165) is 0 Å². The van der Waals surface area contributed by atoms with E-state index in [1.807, 2.05) is 0 Å². The quantitative estimate of drug-likeness (QED) is 0.827. The molecule has 0 bridgehead atoms. The zero-order valence-electron chi connectivity index (χ0n) is 14.4. The zero-order chi connectivity index (χ0) is 18.3. The average molecular weight is 358 g/mol. The third kappa shape index (κ3) is 2.99. The van der Waals surface area contributed by atoms with Crippen LogP contribution >= 0.6 is 0 Å². The molecular formula is C19H19FN2O4. The van der Waals surface area contributed by atoms with Gasteiger partial charge in [0, 0.05) is 12.2 Å². The Kier molecular flexibility index (Phi) is 4.03. The number of ether oxygens (including phenoxy) is 1. The lowest BCUT2D eigenvalue weighted by molar-refractivity contribution is -0.137. The second kappa shape index (κ2) is 6.25. The highest BCUT2D eigenvalue weighted by atomic mass is 19.1. The Balaban J connectivity index is 1.52. The topological polar surface area (TPSA) is 63.0 Å². The number of morpholine rings is 1. The number of hydrogen-bond acceptors (Lipinski definition) is 4. The number of amides is 2. The van der Waals surface area contributed by atoms with E-state index in [9.17, 15) is 14.0 Å². The summed E-state index contributed by atoms with van der Waals surface area (Å²) in [7, 11) is 0. The Labute approximate surface area is 150 Å². The van der Waals surface area contributed by atoms with Gasteiger partial charge in [0.1, 0.15) is 23.8 Å². The van der Waals surface area contributed by atoms with Gasteiger partial charge >= 0.3 is 0 Å². The van der Waals surface area contributed by atoms with Crippen molar-refractivity contribution in [2.45, 2.75) is 18.9 Å². The highest BCUT2D eigenvalue weighted by Crippen LogP contribution is 2.33. The number of halogens is 1. The summed E-state index contributed by atoms with van der Waals surface area (Å²) in [5.41, 5.74) is -0.138. The summed E-state index contributed by atoms with van der Waals surface area (Å²) in [5.74, 6) is 0.181. The fourth-order valence-electron chi connectivity index (χ4n) is 3.56. The second-order valence-electron chi connectivity index (χ2n) is 6.82. The van der Waals surface area contributed by atoms with Gasteiger partial charge in [0.15, 0.2) is 5.76 Å². The largest absolute Gasteiger partial charge is 0.456 e. The van der Waals surface area contributed by atoms with Gasteiger partial charge < -0.3 is 19.0 Å². The number of benzene rings is 1. The van der Waals surface area contributed by atoms with Crippen LogP contribution in [-0.2, 0) is 9.53 Å². The maximum Gasteiger partial charge on any atom is 0.289 e. The van der Waals surface area contributed by atoms with E-state index in [4.69, 9.17) is 9.15 Å². The molecule has 2 amide bonds. The van der Waals surface area contributed by atoms with E-state index in [-0.39, 0.29) is 25.0 Å². The smallest absolute Gasteiger partial charge is 0.289 e. The molecule has 0 N–H and O–H groups in total. The van der Waals surface area contributed by atoms with Crippen molar-refractivity contribution >= 4 is 17.5 Å². The number of anilines is 1. The van der Waals surface area contributed by atoms with Crippen LogP contribution in [0.2, 0.25) is 0 Å². The first-order valence-corrected chi connectivity index (χ1v) is 8.51. The van der Waals surface area contributed by atoms with Crippen molar-refractivity contribution in [2.75, 3.05) is 31.1 Å². The van der Waals surface area contributed by atoms with Crippen molar-refractivity contribution in [2.24, 2.45) is 0 Å². The van der Waals surface area contributed by atoms with E-state index in [1.165, 1.54) is 17.0 Å². The minimum Gasteiger partial charge on any atom is -0.456 e. The molecule has 7 heteroatoms. The molecule has 26 heavy (non-hydrogen) atoms. The highest BCUT2D eigenvalue weighted by Gasteiger charge is 2.47. The van der Waals surface area contributed by atoms with Crippen LogP contribution in [-0.4, -0.2) is 48.6 Å². The average Bonchev–Trinajstić information content (AvgIpc) is 3.24. The molecule has 2 aliphatic heterocycles. The molecule has 6 nitrogen and oxygen atoms in total. The SMILES string of the molecule is Cc1ccc(C(=O)N2CCC3(C2)CN(c2cccc(F)c2)C(=O)CO3)o1. The monoisotopic (exact) mass is 358 g/mol. The summed E-state index contributed by atoms with van der Waals surface area (Å²) < 4.78 is 24.8. The van der Waals surface area contributed by atoms with Gasteiger partial charge in [-0.15, -0.1) is 0 Å². The molecule has 2 fully saturated rings. The predicted octanol–water partition coefficient (Wildman–Crippen LogP) is 2.38. The van der Waals surface area contributed by atoms with Crippen LogP contribution in [0.1, 0.15) is 22.7 Å². The third-order valence-electron chi connectivity index (χ3n) is 4.92. The number of furan rings is 1. The Hall–Kier alpha value is -2.67. The third-order valence-corrected chi connectivity index (χ3v) is 4.92. The molecule has 0 saturated carbocycles. The van der Waals surface area contributed by atoms with Crippen molar-refractivity contribution in [1.29, 1.82) is 0 Å². The molecule has 1 aromatic heterocycles. The van der Waals surface area contributed by atoms with Crippen LogP contribution in [0.25, 0.3) is 0 Å². The first-order chi connectivity index (χ1) is 12.5. The number of carbonyl (C=O) groups excluding carboxylic acids is 2. The highest BCUT2D eigenvalue weighted by molar-refractivity contribution is 5.95. The van der Waals surface area contributed by atoms with Crippen LogP contribution in [0.5, 0.6) is 0 Å². The zero-order valence-corrected chi connectivity index (χ0v) is 14.4. The maximum atomic E-state index is 13.5. The van der Waals surface area contributed by atoms with Gasteiger partial charge in [-0.25, -0.2) is 4.39 Å². The number of nitrogens with zero attached hydrogens (tertiary/aromatic N) is 2. The van der Waals surface area contributed by atoms with Crippen molar-refractivity contribution in [3.8, 4) is 0 Å². The van der Waals surface area contributed by atoms with Crippen molar-refractivity contribution < 1.29 is 23.1 Å². The van der Waals surface area contributed by atoms with Crippen molar-refractivity contribution in [3.05, 3.63) is 53.7 Å². The molecule has 2 aromatic rings. The predicted molar refractivity (Wildman–Crippen MR) is 91.4 cm³/mol. The minimum atomic E-state index is -0.641. The first-order valence-electron chi connectivity index (χ1n) is 8.51. The fraction of sp³-hybridized carbons (Fsp3) is 0.368. The minimum absolute atomic E-state index is 0.0849. The number of rotatable bonds is 2. The molecule has 1 unspecified atom stereocenters. The van der Waals surface area contributed by atoms with Gasteiger partial charge in [-0.3, -0.25) is 9.59 Å². The van der Waals surface area contributed by atoms with Crippen LogP contribution in [0.15, 0.2) is 40.8 Å². The lowest BCUT2D eigenvalue weighted by atomic mass is 10.00. The number of carbonyl (C=O) groups is 2. The molecule has 3 heterocycles. The van der Waals surface area contributed by atoms with Crippen LogP contribution in [0, 0.1) is 12.7 Å². The Bertz CT molecular complexity index is 865. The van der Waals surface area contributed by atoms with Crippen LogP contribution in [0.3, 0.4) is 0 Å². The molecule has 1 atom stereocenters. The molecule has 4 rings (SSSR count). The summed E-state index contributed by atoms with van der Waals surface area (Å²) in [6, 6.07) is 9.35. The summed E-state index contributed by atoms with van der Waals surface area (Å²) >= 11 is 0. The normalized spacial score (nSPS) is 23.1. The molecule has 1 spiro atoms. The fourth-order valence-corrected chi connectivity index (χ4v) is 3.56. The standard InChI is InChI=1S/C19H19FN2O4/c1-13-5-6-16(26-13)18(24)21-8-7-19(11-21)12-22(17(23)10-25-19)15-4-2-3-14(20)9-15/h2-6,9H,7-8,10-12H2,1H3. The van der Waals surface area contributed by atoms with E-state index in [0.29, 0.717) is 36.7 Å². The second-order valence-corrected chi connectivity index (χ2v) is 6.82. The molecule has 1 aromatic carbocycles. The Morgan fingerprint density at radius 3 is 2.81 bits per heavy atom. The van der Waals surface area contributed by atoms with E-state index in [2.05, 4.69) is 0 Å². The van der Waals surface area contributed by atoms with Crippen molar-refractivity contribution in [1.82, 2.24) is 4.90 Å². The van der Waals surface area contributed by atoms with Gasteiger partial charge in [0.25, 0.3) is 11.8 Å². The van der Waals surface area contributed by atoms with Crippen LogP contribution < -0.4 is 4.90 Å². The molecule has 0 radical (unpaired) electrons. The van der Waals surface area contributed by atoms with Gasteiger partial charge in [-0.2, -0.15) is 0 Å². The molecular weight excluding hydrogens is 339 g/mol. The summed E-state index contributed by atoms with van der Waals surface area (Å²) in [4.78, 5) is 28.1. The van der Waals surface area contributed by atoms with E-state index in [1.54, 1.807) is 36.1 Å². The van der Waals surface area contributed by atoms with Gasteiger partial charge in [0.2, 0.25) is 0 Å². The molecule has 2 saturated heterocycles. The van der Waals surface area contributed by atoms with Gasteiger partial charge in [-0.05, 0) is 43.7 Å². The first kappa shape index (κ1) is 16.8. The molecule has 136 valence electrons. The van der Waals surface area contributed by atoms with Crippen LogP contribution in [0.4, 0.5) is 10.1 Å². The van der Waals surface area contributed by atoms with Gasteiger partial charge in [0.05, 0.1) is 13.1 Å². The van der Waals surface area contributed by atoms with E-state index < -0.39 is 11.4 Å². The summed E-state index contributed by atoms with van der Waals surface area (Å²) in [5, 5.41) is 0. The Morgan fingerprint density at radius 2 is 2.08 bits per heavy atom. The summed E-state index contributed by atoms with van der Waals surface area (Å²) in [6.07, 6.45) is 0.609. The number of hydrogen-bond donors (Lipinski definition) is 0. The molecule has 2 aliphatic rings. The number of aryl methyl sites for hydroxylation is 1. The lowest BCUT2D eigenvalue weighted by Crippen LogP contribution is -2.56. The summed E-state index contributed by atoms with van der Waals surface area (Å²) in [6.45, 7) is 2.87. The Morgan fingerprint density at radius 1 is 1.23 bits per heavy atom. The molecule has 0 aliphatic carbocycles.